The van der Waals surface area contributed by atoms with Gasteiger partial charge in [-0.2, -0.15) is 0 Å². The van der Waals surface area contributed by atoms with Crippen LogP contribution in [0.25, 0.3) is 0 Å². The number of rotatable bonds is 5. The average Bonchev–Trinajstić information content (AvgIpc) is 2.48. The van der Waals surface area contributed by atoms with E-state index in [-0.39, 0.29) is 6.04 Å². The lowest BCUT2D eigenvalue weighted by molar-refractivity contribution is 0.141. The maximum absolute atomic E-state index is 6.53. The lowest BCUT2D eigenvalue weighted by Gasteiger charge is -2.38. The summed E-state index contributed by atoms with van der Waals surface area (Å²) in [5.41, 5.74) is 8.84. The Morgan fingerprint density at radius 2 is 2.30 bits per heavy atom. The fourth-order valence-corrected chi connectivity index (χ4v) is 3.08. The van der Waals surface area contributed by atoms with Gasteiger partial charge in [-0.05, 0) is 43.5 Å². The lowest BCUT2D eigenvalue weighted by Crippen LogP contribution is -2.45. The Morgan fingerprint density at radius 3 is 3.00 bits per heavy atom. The Hall–Kier alpha value is -1.32. The fraction of sp³-hybridized carbons (Fsp3) is 0.529. The molecule has 0 aliphatic carbocycles. The van der Waals surface area contributed by atoms with E-state index in [4.69, 9.17) is 10.5 Å². The van der Waals surface area contributed by atoms with Crippen LogP contribution in [0.4, 0.5) is 0 Å². The number of hydrogen-bond donors (Lipinski definition) is 1. The predicted molar refractivity (Wildman–Crippen MR) is 84.1 cm³/mol. The highest BCUT2D eigenvalue weighted by atomic mass is 16.5. The van der Waals surface area contributed by atoms with Crippen molar-refractivity contribution in [2.75, 3.05) is 20.2 Å². The molecule has 0 amide bonds. The quantitative estimate of drug-likeness (QED) is 0.839. The second-order valence-corrected chi connectivity index (χ2v) is 5.60. The van der Waals surface area contributed by atoms with E-state index in [9.17, 15) is 0 Å². The van der Waals surface area contributed by atoms with Crippen LogP contribution in [0.5, 0.6) is 5.75 Å². The first-order valence-electron chi connectivity index (χ1n) is 7.42. The summed E-state index contributed by atoms with van der Waals surface area (Å²) in [5.74, 6) is 0.920. The predicted octanol–water partition coefficient (Wildman–Crippen LogP) is 3.04. The minimum absolute atomic E-state index is 0.0322. The highest BCUT2D eigenvalue weighted by molar-refractivity contribution is 5.38. The largest absolute Gasteiger partial charge is 0.496 e. The summed E-state index contributed by atoms with van der Waals surface area (Å²) in [4.78, 5) is 2.45. The van der Waals surface area contributed by atoms with E-state index in [2.05, 4.69) is 36.6 Å². The zero-order valence-corrected chi connectivity index (χ0v) is 12.6. The third-order valence-electron chi connectivity index (χ3n) is 4.26. The van der Waals surface area contributed by atoms with Gasteiger partial charge in [-0.3, -0.25) is 4.90 Å². The number of piperidine rings is 1. The number of aryl methyl sites for hydroxylation is 1. The molecular weight excluding hydrogens is 248 g/mol. The van der Waals surface area contributed by atoms with Crippen molar-refractivity contribution in [1.82, 2.24) is 4.90 Å². The van der Waals surface area contributed by atoms with Crippen molar-refractivity contribution < 1.29 is 4.74 Å². The first-order chi connectivity index (χ1) is 9.67. The van der Waals surface area contributed by atoms with Gasteiger partial charge < -0.3 is 10.5 Å². The van der Waals surface area contributed by atoms with Gasteiger partial charge in [-0.25, -0.2) is 0 Å². The summed E-state index contributed by atoms with van der Waals surface area (Å²) in [5, 5.41) is 0. The molecule has 2 N–H and O–H groups in total. The molecule has 110 valence electrons. The third kappa shape index (κ3) is 3.22. The minimum Gasteiger partial charge on any atom is -0.496 e. The maximum Gasteiger partial charge on any atom is 0.122 e. The molecule has 1 aromatic carbocycles. The number of hydrogen-bond acceptors (Lipinski definition) is 3. The Balaban J connectivity index is 2.19. The minimum atomic E-state index is 0.0322. The van der Waals surface area contributed by atoms with Crippen LogP contribution >= 0.6 is 0 Å². The Labute approximate surface area is 122 Å². The number of benzene rings is 1. The molecule has 0 radical (unpaired) electrons. The summed E-state index contributed by atoms with van der Waals surface area (Å²) in [6.45, 7) is 7.95. The van der Waals surface area contributed by atoms with Crippen LogP contribution in [0.15, 0.2) is 30.9 Å². The Kier molecular flexibility index (Phi) is 5.21. The van der Waals surface area contributed by atoms with E-state index in [0.29, 0.717) is 6.04 Å². The van der Waals surface area contributed by atoms with Gasteiger partial charge in [0.05, 0.1) is 7.11 Å². The Morgan fingerprint density at radius 1 is 1.50 bits per heavy atom. The first-order valence-corrected chi connectivity index (χ1v) is 7.42. The summed E-state index contributed by atoms with van der Waals surface area (Å²) in [7, 11) is 1.71. The molecule has 3 heteroatoms. The van der Waals surface area contributed by atoms with Crippen LogP contribution in [0, 0.1) is 6.92 Å². The standard InChI is InChI=1S/C17H26N2O/c1-4-10-19-11-6-5-7-15(19)17(18)14-9-8-13(2)16(12-14)20-3/h4,8-9,12,15,17H,1,5-7,10-11,18H2,2-3H3. The molecule has 2 unspecified atom stereocenters. The number of ether oxygens (including phenoxy) is 1. The van der Waals surface area contributed by atoms with Gasteiger partial charge in [0.25, 0.3) is 0 Å². The van der Waals surface area contributed by atoms with Crippen molar-refractivity contribution in [1.29, 1.82) is 0 Å². The van der Waals surface area contributed by atoms with Gasteiger partial charge in [-0.1, -0.05) is 24.6 Å². The van der Waals surface area contributed by atoms with Crippen molar-refractivity contribution in [2.24, 2.45) is 5.73 Å². The molecule has 1 aliphatic heterocycles. The molecule has 3 nitrogen and oxygen atoms in total. The molecule has 1 heterocycles. The number of nitrogens with zero attached hydrogens (tertiary/aromatic N) is 1. The summed E-state index contributed by atoms with van der Waals surface area (Å²) >= 11 is 0. The fourth-order valence-electron chi connectivity index (χ4n) is 3.08. The van der Waals surface area contributed by atoms with Crippen molar-refractivity contribution in [3.05, 3.63) is 42.0 Å². The summed E-state index contributed by atoms with van der Waals surface area (Å²) in [6, 6.07) is 6.73. The van der Waals surface area contributed by atoms with Crippen LogP contribution in [0.2, 0.25) is 0 Å². The molecule has 0 saturated carbocycles. The zero-order valence-electron chi connectivity index (χ0n) is 12.6. The van der Waals surface area contributed by atoms with Crippen molar-refractivity contribution in [3.63, 3.8) is 0 Å². The smallest absolute Gasteiger partial charge is 0.122 e. The van der Waals surface area contributed by atoms with E-state index in [1.165, 1.54) is 12.8 Å². The van der Waals surface area contributed by atoms with E-state index in [1.807, 2.05) is 6.08 Å². The molecule has 2 rings (SSSR count). The molecule has 0 bridgehead atoms. The highest BCUT2D eigenvalue weighted by Gasteiger charge is 2.28. The Bertz CT molecular complexity index is 458. The summed E-state index contributed by atoms with van der Waals surface area (Å²) < 4.78 is 5.41. The highest BCUT2D eigenvalue weighted by Crippen LogP contribution is 2.29. The van der Waals surface area contributed by atoms with Crippen LogP contribution in [-0.2, 0) is 0 Å². The SMILES string of the molecule is C=CCN1CCCCC1C(N)c1ccc(C)c(OC)c1. The topological polar surface area (TPSA) is 38.5 Å². The first kappa shape index (κ1) is 15.1. The van der Waals surface area contributed by atoms with Gasteiger partial charge in [0.1, 0.15) is 5.75 Å². The number of nitrogens with two attached hydrogens (primary N) is 1. The van der Waals surface area contributed by atoms with E-state index in [0.717, 1.165) is 36.4 Å². The second kappa shape index (κ2) is 6.91. The van der Waals surface area contributed by atoms with E-state index < -0.39 is 0 Å². The van der Waals surface area contributed by atoms with Gasteiger partial charge in [0.15, 0.2) is 0 Å². The van der Waals surface area contributed by atoms with Crippen LogP contribution in [-0.4, -0.2) is 31.1 Å². The molecule has 1 fully saturated rings. The normalized spacial score (nSPS) is 21.4. The van der Waals surface area contributed by atoms with Gasteiger partial charge in [-0.15, -0.1) is 6.58 Å². The molecular formula is C17H26N2O. The molecule has 0 aromatic heterocycles. The zero-order chi connectivity index (χ0) is 14.5. The average molecular weight is 274 g/mol. The van der Waals surface area contributed by atoms with Crippen LogP contribution in [0.1, 0.15) is 36.4 Å². The van der Waals surface area contributed by atoms with Gasteiger partial charge >= 0.3 is 0 Å². The maximum atomic E-state index is 6.53. The molecule has 0 spiro atoms. The van der Waals surface area contributed by atoms with Crippen molar-refractivity contribution in [2.45, 2.75) is 38.3 Å². The second-order valence-electron chi connectivity index (χ2n) is 5.60. The molecule has 1 aromatic rings. The van der Waals surface area contributed by atoms with Crippen molar-refractivity contribution >= 4 is 0 Å². The van der Waals surface area contributed by atoms with Gasteiger partial charge in [0.2, 0.25) is 0 Å². The van der Waals surface area contributed by atoms with Gasteiger partial charge in [0, 0.05) is 18.6 Å². The van der Waals surface area contributed by atoms with E-state index in [1.54, 1.807) is 7.11 Å². The van der Waals surface area contributed by atoms with E-state index >= 15 is 0 Å². The van der Waals surface area contributed by atoms with Crippen LogP contribution in [0.3, 0.4) is 0 Å². The van der Waals surface area contributed by atoms with Crippen LogP contribution < -0.4 is 10.5 Å². The molecule has 2 atom stereocenters. The lowest BCUT2D eigenvalue weighted by atomic mass is 9.91. The van der Waals surface area contributed by atoms with Crippen molar-refractivity contribution in [3.8, 4) is 5.75 Å². The monoisotopic (exact) mass is 274 g/mol. The number of methoxy groups -OCH3 is 1. The third-order valence-corrected chi connectivity index (χ3v) is 4.26. The molecule has 1 saturated heterocycles. The number of likely N-dealkylation sites (tertiary alicyclic amines) is 1. The molecule has 1 aliphatic rings. The molecule has 20 heavy (non-hydrogen) atoms. The summed E-state index contributed by atoms with van der Waals surface area (Å²) in [6.07, 6.45) is 5.65.